The number of rotatable bonds is 8. The molecule has 3 heterocycles. The van der Waals surface area contributed by atoms with Crippen molar-refractivity contribution >= 4 is 44.6 Å². The van der Waals surface area contributed by atoms with E-state index < -0.39 is 0 Å². The maximum atomic E-state index is 6.89. The van der Waals surface area contributed by atoms with Crippen LogP contribution in [-0.2, 0) is 21.7 Å². The smallest absolute Gasteiger partial charge is 0.137 e. The fourth-order valence-electron chi connectivity index (χ4n) is 9.75. The van der Waals surface area contributed by atoms with Crippen LogP contribution in [0.5, 0.6) is 11.5 Å². The molecule has 0 unspecified atom stereocenters. The minimum Gasteiger partial charge on any atom is -0.457 e. The van der Waals surface area contributed by atoms with E-state index in [2.05, 4.69) is 260 Å². The summed E-state index contributed by atoms with van der Waals surface area (Å²) in [6, 6.07) is 62.1. The van der Waals surface area contributed by atoms with E-state index in [1.54, 1.807) is 0 Å². The zero-order valence-corrected chi connectivity index (χ0v) is 41.6. The van der Waals surface area contributed by atoms with Gasteiger partial charge in [-0.3, -0.25) is 4.57 Å². The zero-order chi connectivity index (χ0) is 47.8. The first-order valence-corrected chi connectivity index (χ1v) is 24.1. The summed E-state index contributed by atoms with van der Waals surface area (Å²) in [6.45, 7) is 25.8. The molecular formula is C63H64N4O. The Balaban J connectivity index is 1.06. The minimum atomic E-state index is -0.210. The molecule has 5 nitrogen and oxygen atoms in total. The van der Waals surface area contributed by atoms with Gasteiger partial charge in [-0.2, -0.15) is 0 Å². The van der Waals surface area contributed by atoms with Gasteiger partial charge < -0.3 is 14.5 Å². The van der Waals surface area contributed by atoms with Crippen LogP contribution < -0.4 is 14.5 Å². The standard InChI is InChI=1S/C63H64N4O/c1-60(2,3)45-25-29-55-54(36-45)53-28-27-52(40-57(53)67(55)59-38-46(31-32-64-59)61(4,5)6)68-51-24-18-23-49(39-51)65-41-66(50-34-43(42-19-14-12-15-20-42)33-48(35-50)62(7,8)9)58-37-47(26-30-56(58)65)63(10,11)44-21-16-13-17-22-44/h12-40H,41H2,1-11H3. The lowest BCUT2D eigenvalue weighted by Crippen LogP contribution is -2.24. The van der Waals surface area contributed by atoms with Gasteiger partial charge in [-0.05, 0) is 128 Å². The molecule has 0 spiro atoms. The van der Waals surface area contributed by atoms with Gasteiger partial charge >= 0.3 is 0 Å². The summed E-state index contributed by atoms with van der Waals surface area (Å²) in [5, 5.41) is 2.38. The summed E-state index contributed by atoms with van der Waals surface area (Å²) in [5.41, 5.74) is 15.3. The Morgan fingerprint density at radius 2 is 1.07 bits per heavy atom. The van der Waals surface area contributed by atoms with Gasteiger partial charge in [-0.25, -0.2) is 4.98 Å². The third-order valence-corrected chi connectivity index (χ3v) is 14.1. The number of ether oxygens (including phenoxy) is 1. The molecule has 2 aromatic heterocycles. The second-order valence-corrected chi connectivity index (χ2v) is 22.3. The highest BCUT2D eigenvalue weighted by Crippen LogP contribution is 2.49. The van der Waals surface area contributed by atoms with Crippen LogP contribution in [0.4, 0.5) is 22.7 Å². The van der Waals surface area contributed by atoms with Gasteiger partial charge in [0.15, 0.2) is 0 Å². The van der Waals surface area contributed by atoms with Crippen molar-refractivity contribution in [1.82, 2.24) is 9.55 Å². The van der Waals surface area contributed by atoms with Crippen molar-refractivity contribution in [2.75, 3.05) is 16.5 Å². The largest absolute Gasteiger partial charge is 0.457 e. The number of benzene rings is 7. The summed E-state index contributed by atoms with van der Waals surface area (Å²) >= 11 is 0. The molecule has 0 fully saturated rings. The molecule has 68 heavy (non-hydrogen) atoms. The van der Waals surface area contributed by atoms with Crippen LogP contribution in [0.2, 0.25) is 0 Å². The average Bonchev–Trinajstić information content (AvgIpc) is 3.87. The molecular weight excluding hydrogens is 829 g/mol. The predicted molar refractivity (Wildman–Crippen MR) is 287 cm³/mol. The van der Waals surface area contributed by atoms with Gasteiger partial charge in [0.25, 0.3) is 0 Å². The summed E-state index contributed by atoms with van der Waals surface area (Å²) in [4.78, 5) is 9.89. The van der Waals surface area contributed by atoms with E-state index in [1.165, 1.54) is 61.1 Å². The fraction of sp³-hybridized carbons (Fsp3) is 0.254. The molecule has 7 aromatic carbocycles. The van der Waals surface area contributed by atoms with Crippen molar-refractivity contribution in [1.29, 1.82) is 0 Å². The van der Waals surface area contributed by atoms with Gasteiger partial charge in [0.1, 0.15) is 24.0 Å². The van der Waals surface area contributed by atoms with Gasteiger partial charge in [0, 0.05) is 45.9 Å². The lowest BCUT2D eigenvalue weighted by Gasteiger charge is -2.28. The second-order valence-electron chi connectivity index (χ2n) is 22.3. The molecule has 342 valence electrons. The van der Waals surface area contributed by atoms with E-state index in [-0.39, 0.29) is 21.7 Å². The van der Waals surface area contributed by atoms with Gasteiger partial charge in [-0.15, -0.1) is 0 Å². The van der Waals surface area contributed by atoms with Gasteiger partial charge in [0.2, 0.25) is 0 Å². The van der Waals surface area contributed by atoms with Gasteiger partial charge in [-0.1, -0.05) is 161 Å². The normalized spacial score (nSPS) is 13.4. The van der Waals surface area contributed by atoms with Crippen LogP contribution in [-0.4, -0.2) is 16.2 Å². The first-order chi connectivity index (χ1) is 32.3. The molecule has 0 saturated carbocycles. The molecule has 1 aliphatic heterocycles. The quantitative estimate of drug-likeness (QED) is 0.152. The number of hydrogen-bond donors (Lipinski definition) is 0. The summed E-state index contributed by atoms with van der Waals surface area (Å²) < 4.78 is 9.19. The van der Waals surface area contributed by atoms with Crippen molar-refractivity contribution < 1.29 is 4.74 Å². The molecule has 0 saturated heterocycles. The fourth-order valence-corrected chi connectivity index (χ4v) is 9.75. The van der Waals surface area contributed by atoms with E-state index in [9.17, 15) is 0 Å². The maximum Gasteiger partial charge on any atom is 0.137 e. The molecule has 0 radical (unpaired) electrons. The third-order valence-electron chi connectivity index (χ3n) is 14.1. The zero-order valence-electron chi connectivity index (χ0n) is 41.6. The third kappa shape index (κ3) is 8.33. The topological polar surface area (TPSA) is 33.5 Å². The Bertz CT molecular complexity index is 3320. The SMILES string of the molecule is CC(C)(C)c1cc(-c2ccccc2)cc(N2CN(c3cccc(Oc4ccc5c6cc(C(C)(C)C)ccc6n(-c6cc(C(C)(C)C)ccn6)c5c4)c3)c3ccc(C(C)(C)c4ccccc4)cc32)c1. The second kappa shape index (κ2) is 16.6. The van der Waals surface area contributed by atoms with Crippen molar-refractivity contribution in [3.63, 3.8) is 0 Å². The number of pyridine rings is 1. The minimum absolute atomic E-state index is 0.0105. The molecule has 9 aromatic rings. The number of fused-ring (bicyclic) bond motifs is 4. The summed E-state index contributed by atoms with van der Waals surface area (Å²) in [7, 11) is 0. The van der Waals surface area contributed by atoms with Crippen molar-refractivity contribution in [3.05, 3.63) is 204 Å². The lowest BCUT2D eigenvalue weighted by molar-refractivity contribution is 0.483. The molecule has 0 atom stereocenters. The first kappa shape index (κ1) is 44.7. The Labute approximate surface area is 403 Å². The molecule has 0 N–H and O–H groups in total. The maximum absolute atomic E-state index is 6.89. The van der Waals surface area contributed by atoms with Gasteiger partial charge in [0.05, 0.1) is 22.4 Å². The number of hydrogen-bond acceptors (Lipinski definition) is 4. The monoisotopic (exact) mass is 893 g/mol. The first-order valence-electron chi connectivity index (χ1n) is 24.1. The summed E-state index contributed by atoms with van der Waals surface area (Å²) in [5.74, 6) is 2.44. The lowest BCUT2D eigenvalue weighted by atomic mass is 9.78. The Hall–Kier alpha value is -7.11. The Kier molecular flexibility index (Phi) is 10.9. The van der Waals surface area contributed by atoms with E-state index in [0.29, 0.717) is 6.67 Å². The van der Waals surface area contributed by atoms with E-state index >= 15 is 0 Å². The van der Waals surface area contributed by atoms with E-state index in [0.717, 1.165) is 39.7 Å². The van der Waals surface area contributed by atoms with Crippen LogP contribution in [0, 0.1) is 0 Å². The van der Waals surface area contributed by atoms with E-state index in [4.69, 9.17) is 9.72 Å². The van der Waals surface area contributed by atoms with E-state index in [1.807, 2.05) is 6.20 Å². The predicted octanol–water partition coefficient (Wildman–Crippen LogP) is 17.1. The highest BCUT2D eigenvalue weighted by molar-refractivity contribution is 6.10. The summed E-state index contributed by atoms with van der Waals surface area (Å²) in [6.07, 6.45) is 1.94. The van der Waals surface area contributed by atoms with Crippen LogP contribution in [0.25, 0.3) is 38.8 Å². The van der Waals surface area contributed by atoms with Crippen molar-refractivity contribution in [2.45, 2.75) is 97.8 Å². The molecule has 0 amide bonds. The average molecular weight is 893 g/mol. The van der Waals surface area contributed by atoms with Crippen LogP contribution in [0.15, 0.2) is 176 Å². The Morgan fingerprint density at radius 1 is 0.412 bits per heavy atom. The van der Waals surface area contributed by atoms with Crippen molar-refractivity contribution in [2.24, 2.45) is 0 Å². The number of nitrogens with zero attached hydrogens (tertiary/aromatic N) is 4. The van der Waals surface area contributed by atoms with Crippen LogP contribution >= 0.6 is 0 Å². The molecule has 5 heteroatoms. The molecule has 10 rings (SSSR count). The number of anilines is 4. The Morgan fingerprint density at radius 3 is 1.79 bits per heavy atom. The van der Waals surface area contributed by atoms with Crippen LogP contribution in [0.3, 0.4) is 0 Å². The molecule has 0 aliphatic carbocycles. The highest BCUT2D eigenvalue weighted by Gasteiger charge is 2.33. The molecule has 1 aliphatic rings. The van der Waals surface area contributed by atoms with Crippen molar-refractivity contribution in [3.8, 4) is 28.4 Å². The highest BCUT2D eigenvalue weighted by atomic mass is 16.5. The number of aromatic nitrogens is 2. The molecule has 0 bridgehead atoms. The van der Waals surface area contributed by atoms with Crippen LogP contribution in [0.1, 0.15) is 104 Å².